The van der Waals surface area contributed by atoms with Crippen molar-refractivity contribution in [1.29, 1.82) is 0 Å². The average Bonchev–Trinajstić information content (AvgIpc) is 2.39. The molecule has 1 heterocycles. The number of allylic oxidation sites excluding steroid dienone is 1. The average molecular weight is 267 g/mol. The number of carboxylic acid groups (broad SMARTS) is 1. The van der Waals surface area contributed by atoms with E-state index in [-0.39, 0.29) is 18.6 Å². The molecule has 1 fully saturated rings. The summed E-state index contributed by atoms with van der Waals surface area (Å²) in [7, 11) is 0. The highest BCUT2D eigenvalue weighted by Gasteiger charge is 2.32. The van der Waals surface area contributed by atoms with Crippen LogP contribution in [0.25, 0.3) is 0 Å². The molecule has 1 aliphatic heterocycles. The number of amides is 1. The molecule has 0 spiro atoms. The lowest BCUT2D eigenvalue weighted by molar-refractivity contribution is -0.166. The van der Waals surface area contributed by atoms with Crippen molar-refractivity contribution in [2.24, 2.45) is 0 Å². The van der Waals surface area contributed by atoms with Crippen LogP contribution in [0.4, 0.5) is 0 Å². The van der Waals surface area contributed by atoms with Crippen molar-refractivity contribution in [3.05, 3.63) is 11.6 Å². The van der Waals surface area contributed by atoms with Crippen molar-refractivity contribution < 1.29 is 19.4 Å². The van der Waals surface area contributed by atoms with E-state index in [1.165, 1.54) is 12.0 Å². The highest BCUT2D eigenvalue weighted by molar-refractivity contribution is 5.80. The van der Waals surface area contributed by atoms with Crippen LogP contribution in [0.2, 0.25) is 0 Å². The maximum Gasteiger partial charge on any atom is 0.334 e. The summed E-state index contributed by atoms with van der Waals surface area (Å²) in [4.78, 5) is 24.8. The molecule has 19 heavy (non-hydrogen) atoms. The number of hydrogen-bond acceptors (Lipinski definition) is 3. The zero-order valence-electron chi connectivity index (χ0n) is 11.3. The van der Waals surface area contributed by atoms with Crippen LogP contribution < -0.4 is 0 Å². The number of carbonyl (C=O) groups is 2. The van der Waals surface area contributed by atoms with Gasteiger partial charge in [-0.3, -0.25) is 4.79 Å². The number of carboxylic acids is 1. The molecule has 1 saturated heterocycles. The van der Waals surface area contributed by atoms with Gasteiger partial charge in [-0.25, -0.2) is 4.79 Å². The van der Waals surface area contributed by atoms with E-state index >= 15 is 0 Å². The second-order valence-corrected chi connectivity index (χ2v) is 5.36. The molecule has 0 radical (unpaired) electrons. The van der Waals surface area contributed by atoms with Crippen LogP contribution in [0.1, 0.15) is 39.0 Å². The number of ether oxygens (including phenoxy) is 1. The molecular formula is C14H21NO4. The molecule has 2 rings (SSSR count). The van der Waals surface area contributed by atoms with Gasteiger partial charge in [0, 0.05) is 13.0 Å². The lowest BCUT2D eigenvalue weighted by atomic mass is 9.96. The lowest BCUT2D eigenvalue weighted by Crippen LogP contribution is -2.51. The number of rotatable bonds is 3. The Kier molecular flexibility index (Phi) is 4.58. The topological polar surface area (TPSA) is 66.8 Å². The van der Waals surface area contributed by atoms with Gasteiger partial charge in [0.1, 0.15) is 0 Å². The Hall–Kier alpha value is -1.36. The molecule has 2 aliphatic rings. The Bertz CT molecular complexity index is 391. The molecule has 0 aromatic rings. The summed E-state index contributed by atoms with van der Waals surface area (Å²) in [5, 5.41) is 9.00. The summed E-state index contributed by atoms with van der Waals surface area (Å²) in [5.41, 5.74) is 1.20. The van der Waals surface area contributed by atoms with Gasteiger partial charge in [-0.05, 0) is 32.6 Å². The van der Waals surface area contributed by atoms with E-state index < -0.39 is 12.1 Å². The molecule has 0 saturated carbocycles. The summed E-state index contributed by atoms with van der Waals surface area (Å²) in [6.45, 7) is 2.44. The first-order valence-corrected chi connectivity index (χ1v) is 6.90. The van der Waals surface area contributed by atoms with Crippen molar-refractivity contribution in [3.63, 3.8) is 0 Å². The predicted molar refractivity (Wildman–Crippen MR) is 69.7 cm³/mol. The Morgan fingerprint density at radius 1 is 1.42 bits per heavy atom. The first-order chi connectivity index (χ1) is 9.06. The van der Waals surface area contributed by atoms with Crippen LogP contribution >= 0.6 is 0 Å². The third-order valence-electron chi connectivity index (χ3n) is 3.65. The first-order valence-electron chi connectivity index (χ1n) is 6.90. The minimum absolute atomic E-state index is 0.0227. The SMILES string of the molecule is C[C@@H]1CN(C(=O)CC2=CCCCC2)CC(C(=O)O)O1. The summed E-state index contributed by atoms with van der Waals surface area (Å²) < 4.78 is 5.31. The molecular weight excluding hydrogens is 246 g/mol. The van der Waals surface area contributed by atoms with Crippen LogP contribution in [0.15, 0.2) is 11.6 Å². The van der Waals surface area contributed by atoms with Crippen molar-refractivity contribution in [3.8, 4) is 0 Å². The van der Waals surface area contributed by atoms with E-state index in [9.17, 15) is 9.59 Å². The quantitative estimate of drug-likeness (QED) is 0.788. The Morgan fingerprint density at radius 2 is 2.21 bits per heavy atom. The maximum atomic E-state index is 12.2. The number of morpholine rings is 1. The monoisotopic (exact) mass is 267 g/mol. The number of carbonyl (C=O) groups excluding carboxylic acids is 1. The third-order valence-corrected chi connectivity index (χ3v) is 3.65. The Balaban J connectivity index is 1.94. The number of hydrogen-bond donors (Lipinski definition) is 1. The molecule has 1 amide bonds. The normalized spacial score (nSPS) is 27.8. The highest BCUT2D eigenvalue weighted by atomic mass is 16.5. The molecule has 5 nitrogen and oxygen atoms in total. The van der Waals surface area contributed by atoms with Crippen molar-refractivity contribution in [2.75, 3.05) is 13.1 Å². The molecule has 1 aliphatic carbocycles. The zero-order chi connectivity index (χ0) is 13.8. The molecule has 2 atom stereocenters. The van der Waals surface area contributed by atoms with Crippen LogP contribution in [-0.2, 0) is 14.3 Å². The standard InChI is InChI=1S/C14H21NO4/c1-10-8-15(9-12(19-10)14(17)18)13(16)7-11-5-3-2-4-6-11/h5,10,12H,2-4,6-9H2,1H3,(H,17,18)/t10-,12?/m1/s1. The van der Waals surface area contributed by atoms with Gasteiger partial charge in [0.05, 0.1) is 12.6 Å². The summed E-state index contributed by atoms with van der Waals surface area (Å²) in [6, 6.07) is 0. The van der Waals surface area contributed by atoms with Gasteiger partial charge in [-0.2, -0.15) is 0 Å². The van der Waals surface area contributed by atoms with Crippen LogP contribution in [0.5, 0.6) is 0 Å². The van der Waals surface area contributed by atoms with Crippen molar-refractivity contribution in [1.82, 2.24) is 4.90 Å². The summed E-state index contributed by atoms with van der Waals surface area (Å²) in [5.74, 6) is -0.976. The number of nitrogens with zero attached hydrogens (tertiary/aromatic N) is 1. The summed E-state index contributed by atoms with van der Waals surface area (Å²) >= 11 is 0. The van der Waals surface area contributed by atoms with E-state index in [0.29, 0.717) is 13.0 Å². The van der Waals surface area contributed by atoms with E-state index in [0.717, 1.165) is 19.3 Å². The molecule has 0 aromatic carbocycles. The van der Waals surface area contributed by atoms with Gasteiger partial charge in [-0.15, -0.1) is 0 Å². The van der Waals surface area contributed by atoms with Gasteiger partial charge in [0.15, 0.2) is 6.10 Å². The van der Waals surface area contributed by atoms with Crippen LogP contribution in [0, 0.1) is 0 Å². The third kappa shape index (κ3) is 3.80. The molecule has 1 N–H and O–H groups in total. The molecule has 0 bridgehead atoms. The van der Waals surface area contributed by atoms with Crippen molar-refractivity contribution >= 4 is 11.9 Å². The lowest BCUT2D eigenvalue weighted by Gasteiger charge is -2.35. The minimum atomic E-state index is -0.999. The molecule has 0 aromatic heterocycles. The van der Waals surface area contributed by atoms with Gasteiger partial charge in [-0.1, -0.05) is 11.6 Å². The van der Waals surface area contributed by atoms with E-state index in [4.69, 9.17) is 9.84 Å². The van der Waals surface area contributed by atoms with Gasteiger partial charge < -0.3 is 14.7 Å². The van der Waals surface area contributed by atoms with Gasteiger partial charge in [0.2, 0.25) is 5.91 Å². The first kappa shape index (κ1) is 14.1. The zero-order valence-corrected chi connectivity index (χ0v) is 11.3. The smallest absolute Gasteiger partial charge is 0.334 e. The molecule has 5 heteroatoms. The summed E-state index contributed by atoms with van der Waals surface area (Å²) in [6.07, 6.45) is 5.86. The second-order valence-electron chi connectivity index (χ2n) is 5.36. The maximum absolute atomic E-state index is 12.2. The van der Waals surface area contributed by atoms with E-state index in [1.54, 1.807) is 11.8 Å². The van der Waals surface area contributed by atoms with E-state index in [1.807, 2.05) is 0 Å². The molecule has 106 valence electrons. The Labute approximate surface area is 113 Å². The second kappa shape index (κ2) is 6.19. The number of aliphatic carboxylic acids is 1. The van der Waals surface area contributed by atoms with Gasteiger partial charge in [0.25, 0.3) is 0 Å². The van der Waals surface area contributed by atoms with E-state index in [2.05, 4.69) is 6.08 Å². The fourth-order valence-electron chi connectivity index (χ4n) is 2.66. The van der Waals surface area contributed by atoms with Gasteiger partial charge >= 0.3 is 5.97 Å². The largest absolute Gasteiger partial charge is 0.479 e. The Morgan fingerprint density at radius 3 is 2.84 bits per heavy atom. The minimum Gasteiger partial charge on any atom is -0.479 e. The van der Waals surface area contributed by atoms with Crippen LogP contribution in [-0.4, -0.2) is 47.2 Å². The fraction of sp³-hybridized carbons (Fsp3) is 0.714. The molecule has 1 unspecified atom stereocenters. The van der Waals surface area contributed by atoms with Crippen LogP contribution in [0.3, 0.4) is 0 Å². The predicted octanol–water partition coefficient (Wildman–Crippen LogP) is 1.58. The van der Waals surface area contributed by atoms with Crippen molar-refractivity contribution in [2.45, 2.75) is 51.2 Å². The fourth-order valence-corrected chi connectivity index (χ4v) is 2.66. The highest BCUT2D eigenvalue weighted by Crippen LogP contribution is 2.22.